The molecule has 3 heterocycles. The summed E-state index contributed by atoms with van der Waals surface area (Å²) in [5, 5.41) is 1.33. The van der Waals surface area contributed by atoms with Gasteiger partial charge in [-0.25, -0.2) is 0 Å². The molecule has 27 heavy (non-hydrogen) atoms. The highest BCUT2D eigenvalue weighted by molar-refractivity contribution is 5.83. The summed E-state index contributed by atoms with van der Waals surface area (Å²) in [4.78, 5) is 33.4. The molecule has 2 aromatic rings. The highest BCUT2D eigenvalue weighted by Gasteiger charge is 2.27. The SMILES string of the molecule is CC(=O)N1CCN(C(=O)CN2CCC(c3c[nH]c4ccccc34)CC2)CC1. The average Bonchev–Trinajstić information content (AvgIpc) is 3.13. The van der Waals surface area contributed by atoms with Crippen LogP contribution >= 0.6 is 0 Å². The van der Waals surface area contributed by atoms with Crippen molar-refractivity contribution < 1.29 is 9.59 Å². The average molecular weight is 368 g/mol. The Morgan fingerprint density at radius 3 is 2.37 bits per heavy atom. The molecular weight excluding hydrogens is 340 g/mol. The number of hydrogen-bond acceptors (Lipinski definition) is 3. The first-order valence-corrected chi connectivity index (χ1v) is 9.93. The first-order valence-electron chi connectivity index (χ1n) is 9.93. The largest absolute Gasteiger partial charge is 0.361 e. The van der Waals surface area contributed by atoms with Gasteiger partial charge in [0.2, 0.25) is 11.8 Å². The number of piperidine rings is 1. The molecule has 2 aliphatic rings. The van der Waals surface area contributed by atoms with E-state index in [9.17, 15) is 9.59 Å². The number of likely N-dealkylation sites (tertiary alicyclic amines) is 1. The number of nitrogens with one attached hydrogen (secondary N) is 1. The van der Waals surface area contributed by atoms with Gasteiger partial charge in [-0.3, -0.25) is 14.5 Å². The van der Waals surface area contributed by atoms with Crippen LogP contribution in [0.5, 0.6) is 0 Å². The number of aromatic nitrogens is 1. The van der Waals surface area contributed by atoms with E-state index in [1.54, 1.807) is 6.92 Å². The molecule has 144 valence electrons. The highest BCUT2D eigenvalue weighted by Crippen LogP contribution is 2.33. The standard InChI is InChI=1S/C21H28N4O2/c1-16(26)24-10-12-25(13-11-24)21(27)15-23-8-6-17(7-9-23)19-14-22-20-5-3-2-4-18(19)20/h2-5,14,17,22H,6-13,15H2,1H3. The predicted molar refractivity (Wildman–Crippen MR) is 106 cm³/mol. The smallest absolute Gasteiger partial charge is 0.236 e. The van der Waals surface area contributed by atoms with Crippen LogP contribution in [-0.4, -0.2) is 77.3 Å². The number of para-hydroxylation sites is 1. The zero-order valence-electron chi connectivity index (χ0n) is 16.0. The van der Waals surface area contributed by atoms with Crippen LogP contribution in [0.4, 0.5) is 0 Å². The van der Waals surface area contributed by atoms with E-state index in [1.807, 2.05) is 9.80 Å². The van der Waals surface area contributed by atoms with E-state index in [-0.39, 0.29) is 11.8 Å². The van der Waals surface area contributed by atoms with E-state index in [0.717, 1.165) is 25.9 Å². The number of piperazine rings is 1. The fourth-order valence-electron chi connectivity index (χ4n) is 4.40. The van der Waals surface area contributed by atoms with Crippen molar-refractivity contribution in [1.29, 1.82) is 0 Å². The van der Waals surface area contributed by atoms with Gasteiger partial charge in [-0.05, 0) is 43.5 Å². The van der Waals surface area contributed by atoms with Gasteiger partial charge in [-0.2, -0.15) is 0 Å². The van der Waals surface area contributed by atoms with Crippen molar-refractivity contribution in [2.24, 2.45) is 0 Å². The van der Waals surface area contributed by atoms with Crippen molar-refractivity contribution >= 4 is 22.7 Å². The molecule has 2 fully saturated rings. The summed E-state index contributed by atoms with van der Waals surface area (Å²) in [6.07, 6.45) is 4.34. The van der Waals surface area contributed by atoms with Gasteiger partial charge in [0, 0.05) is 50.2 Å². The number of H-pyrrole nitrogens is 1. The molecule has 0 radical (unpaired) electrons. The third-order valence-electron chi connectivity index (χ3n) is 6.09. The maximum Gasteiger partial charge on any atom is 0.236 e. The second kappa shape index (κ2) is 7.72. The lowest BCUT2D eigenvalue weighted by Gasteiger charge is -2.37. The molecule has 4 rings (SSSR count). The number of aromatic amines is 1. The Morgan fingerprint density at radius 2 is 1.67 bits per heavy atom. The molecule has 1 aromatic carbocycles. The van der Waals surface area contributed by atoms with Crippen LogP contribution in [0, 0.1) is 0 Å². The highest BCUT2D eigenvalue weighted by atomic mass is 16.2. The molecule has 1 aromatic heterocycles. The van der Waals surface area contributed by atoms with Crippen LogP contribution in [0.2, 0.25) is 0 Å². The van der Waals surface area contributed by atoms with Crippen molar-refractivity contribution in [3.05, 3.63) is 36.0 Å². The van der Waals surface area contributed by atoms with Gasteiger partial charge >= 0.3 is 0 Å². The Kier molecular flexibility index (Phi) is 5.16. The number of nitrogens with zero attached hydrogens (tertiary/aromatic N) is 3. The monoisotopic (exact) mass is 368 g/mol. The topological polar surface area (TPSA) is 59.7 Å². The molecule has 0 unspecified atom stereocenters. The summed E-state index contributed by atoms with van der Waals surface area (Å²) in [6.45, 7) is 6.64. The number of carbonyl (C=O) groups is 2. The zero-order valence-corrected chi connectivity index (χ0v) is 16.0. The number of hydrogen-bond donors (Lipinski definition) is 1. The van der Waals surface area contributed by atoms with Gasteiger partial charge in [0.15, 0.2) is 0 Å². The molecule has 1 N–H and O–H groups in total. The van der Waals surface area contributed by atoms with Gasteiger partial charge in [0.1, 0.15) is 0 Å². The van der Waals surface area contributed by atoms with Crippen LogP contribution in [0.3, 0.4) is 0 Å². The van der Waals surface area contributed by atoms with Crippen molar-refractivity contribution in [2.45, 2.75) is 25.7 Å². The summed E-state index contributed by atoms with van der Waals surface area (Å²) < 4.78 is 0. The van der Waals surface area contributed by atoms with Gasteiger partial charge in [-0.1, -0.05) is 18.2 Å². The van der Waals surface area contributed by atoms with Crippen molar-refractivity contribution in [2.75, 3.05) is 45.8 Å². The van der Waals surface area contributed by atoms with Crippen LogP contribution in [0.25, 0.3) is 10.9 Å². The van der Waals surface area contributed by atoms with Gasteiger partial charge in [-0.15, -0.1) is 0 Å². The van der Waals surface area contributed by atoms with E-state index < -0.39 is 0 Å². The molecule has 0 spiro atoms. The van der Waals surface area contributed by atoms with Crippen LogP contribution < -0.4 is 0 Å². The number of fused-ring (bicyclic) bond motifs is 1. The number of carbonyl (C=O) groups excluding carboxylic acids is 2. The minimum Gasteiger partial charge on any atom is -0.361 e. The van der Waals surface area contributed by atoms with Crippen molar-refractivity contribution in [3.8, 4) is 0 Å². The predicted octanol–water partition coefficient (Wildman–Crippen LogP) is 2.04. The van der Waals surface area contributed by atoms with E-state index in [1.165, 1.54) is 16.5 Å². The molecule has 0 bridgehead atoms. The molecule has 6 nitrogen and oxygen atoms in total. The third kappa shape index (κ3) is 3.86. The normalized spacial score (nSPS) is 19.6. The molecule has 2 saturated heterocycles. The molecule has 6 heteroatoms. The molecule has 0 aliphatic carbocycles. The van der Waals surface area contributed by atoms with E-state index in [2.05, 4.69) is 40.3 Å². The van der Waals surface area contributed by atoms with Crippen LogP contribution in [-0.2, 0) is 9.59 Å². The lowest BCUT2D eigenvalue weighted by Crippen LogP contribution is -2.52. The van der Waals surface area contributed by atoms with E-state index in [0.29, 0.717) is 38.6 Å². The first kappa shape index (κ1) is 18.0. The maximum atomic E-state index is 12.6. The molecule has 2 amide bonds. The van der Waals surface area contributed by atoms with Gasteiger partial charge < -0.3 is 14.8 Å². The Labute approximate surface area is 160 Å². The van der Waals surface area contributed by atoms with Crippen LogP contribution in [0.1, 0.15) is 31.2 Å². The Hall–Kier alpha value is -2.34. The number of rotatable bonds is 3. The summed E-state index contributed by atoms with van der Waals surface area (Å²) in [7, 11) is 0. The summed E-state index contributed by atoms with van der Waals surface area (Å²) >= 11 is 0. The van der Waals surface area contributed by atoms with E-state index >= 15 is 0 Å². The Balaban J connectivity index is 1.28. The summed E-state index contributed by atoms with van der Waals surface area (Å²) in [5.41, 5.74) is 2.62. The molecule has 0 atom stereocenters. The fraction of sp³-hybridized carbons (Fsp3) is 0.524. The minimum atomic E-state index is 0.0986. The second-order valence-corrected chi connectivity index (χ2v) is 7.73. The Bertz CT molecular complexity index is 814. The summed E-state index contributed by atoms with van der Waals surface area (Å²) in [6, 6.07) is 8.47. The number of amides is 2. The Morgan fingerprint density at radius 1 is 1.00 bits per heavy atom. The summed E-state index contributed by atoms with van der Waals surface area (Å²) in [5.74, 6) is 0.858. The zero-order chi connectivity index (χ0) is 18.8. The maximum absolute atomic E-state index is 12.6. The first-order chi connectivity index (χ1) is 13.1. The molecule has 2 aliphatic heterocycles. The fourth-order valence-corrected chi connectivity index (χ4v) is 4.40. The van der Waals surface area contributed by atoms with E-state index in [4.69, 9.17) is 0 Å². The number of benzene rings is 1. The lowest BCUT2D eigenvalue weighted by molar-refractivity contribution is -0.139. The molecule has 0 saturated carbocycles. The molecular formula is C21H28N4O2. The van der Waals surface area contributed by atoms with Crippen molar-refractivity contribution in [3.63, 3.8) is 0 Å². The van der Waals surface area contributed by atoms with Crippen LogP contribution in [0.15, 0.2) is 30.5 Å². The van der Waals surface area contributed by atoms with Gasteiger partial charge in [0.05, 0.1) is 6.54 Å². The van der Waals surface area contributed by atoms with Gasteiger partial charge in [0.25, 0.3) is 0 Å². The van der Waals surface area contributed by atoms with Crippen molar-refractivity contribution in [1.82, 2.24) is 19.7 Å². The third-order valence-corrected chi connectivity index (χ3v) is 6.09. The lowest BCUT2D eigenvalue weighted by atomic mass is 9.89. The minimum absolute atomic E-state index is 0.0986. The second-order valence-electron chi connectivity index (χ2n) is 7.73. The quantitative estimate of drug-likeness (QED) is 0.902.